The fourth-order valence-corrected chi connectivity index (χ4v) is 5.02. The quantitative estimate of drug-likeness (QED) is 0.560. The summed E-state index contributed by atoms with van der Waals surface area (Å²) in [5.41, 5.74) is 4.03. The van der Waals surface area contributed by atoms with E-state index in [1.165, 1.54) is 22.0 Å². The average Bonchev–Trinajstić information content (AvgIpc) is 3.26. The molecule has 1 saturated heterocycles. The minimum absolute atomic E-state index is 0.158. The molecular formula is C22H32N4O. The highest BCUT2D eigenvalue weighted by Crippen LogP contribution is 2.52. The van der Waals surface area contributed by atoms with Crippen LogP contribution >= 0.6 is 0 Å². The van der Waals surface area contributed by atoms with E-state index in [9.17, 15) is 0 Å². The summed E-state index contributed by atoms with van der Waals surface area (Å²) >= 11 is 0. The molecule has 0 radical (unpaired) electrons. The number of aromatic nitrogens is 1. The Labute approximate surface area is 162 Å². The van der Waals surface area contributed by atoms with Crippen LogP contribution < -0.4 is 10.6 Å². The predicted octanol–water partition coefficient (Wildman–Crippen LogP) is 3.39. The van der Waals surface area contributed by atoms with Gasteiger partial charge >= 0.3 is 0 Å². The molecule has 0 bridgehead atoms. The molecule has 2 aromatic rings. The fraction of sp³-hybridized carbons (Fsp3) is 0.591. The van der Waals surface area contributed by atoms with Crippen molar-refractivity contribution in [1.29, 1.82) is 0 Å². The lowest BCUT2D eigenvalue weighted by Crippen LogP contribution is -2.68. The number of hydrogen-bond acceptors (Lipinski definition) is 2. The molecule has 5 heteroatoms. The Hall–Kier alpha value is -2.01. The van der Waals surface area contributed by atoms with E-state index in [1.54, 1.807) is 0 Å². The summed E-state index contributed by atoms with van der Waals surface area (Å²) in [6, 6.07) is 6.84. The van der Waals surface area contributed by atoms with Gasteiger partial charge in [0.25, 0.3) is 0 Å². The minimum Gasteiger partial charge on any atom is -0.377 e. The smallest absolute Gasteiger partial charge is 0.191 e. The van der Waals surface area contributed by atoms with Gasteiger partial charge < -0.3 is 20.4 Å². The van der Waals surface area contributed by atoms with Gasteiger partial charge in [-0.05, 0) is 43.9 Å². The molecule has 3 unspecified atom stereocenters. The Bertz CT molecular complexity index is 838. The Kier molecular flexibility index (Phi) is 4.89. The van der Waals surface area contributed by atoms with Crippen molar-refractivity contribution < 1.29 is 4.74 Å². The van der Waals surface area contributed by atoms with E-state index in [-0.39, 0.29) is 5.41 Å². The number of H-pyrrole nitrogens is 1. The van der Waals surface area contributed by atoms with E-state index in [2.05, 4.69) is 67.7 Å². The van der Waals surface area contributed by atoms with Crippen molar-refractivity contribution in [3.8, 4) is 0 Å². The molecule has 0 amide bonds. The summed E-state index contributed by atoms with van der Waals surface area (Å²) in [7, 11) is 0. The number of rotatable bonds is 5. The Morgan fingerprint density at radius 2 is 2.22 bits per heavy atom. The molecule has 3 atom stereocenters. The van der Waals surface area contributed by atoms with Crippen LogP contribution in [0.1, 0.15) is 38.3 Å². The number of benzene rings is 1. The van der Waals surface area contributed by atoms with Crippen molar-refractivity contribution in [3.63, 3.8) is 0 Å². The van der Waals surface area contributed by atoms with Crippen LogP contribution in [0.2, 0.25) is 0 Å². The first kappa shape index (κ1) is 18.4. The van der Waals surface area contributed by atoms with Crippen LogP contribution in [0, 0.1) is 18.3 Å². The predicted molar refractivity (Wildman–Crippen MR) is 111 cm³/mol. The van der Waals surface area contributed by atoms with Crippen molar-refractivity contribution in [2.45, 2.75) is 52.7 Å². The zero-order valence-electron chi connectivity index (χ0n) is 16.9. The average molecular weight is 369 g/mol. The Balaban J connectivity index is 1.44. The maximum absolute atomic E-state index is 5.92. The lowest BCUT2D eigenvalue weighted by molar-refractivity contribution is -0.106. The molecule has 146 valence electrons. The number of fused-ring (bicyclic) bond motifs is 2. The number of guanidine groups is 1. The van der Waals surface area contributed by atoms with Gasteiger partial charge in [-0.1, -0.05) is 26.0 Å². The number of aryl methyl sites for hydroxylation is 1. The van der Waals surface area contributed by atoms with Gasteiger partial charge in [0, 0.05) is 54.2 Å². The van der Waals surface area contributed by atoms with Crippen molar-refractivity contribution >= 4 is 16.9 Å². The van der Waals surface area contributed by atoms with E-state index in [1.807, 2.05) is 0 Å². The molecule has 2 heterocycles. The third kappa shape index (κ3) is 3.22. The monoisotopic (exact) mass is 368 g/mol. The first-order valence-electron chi connectivity index (χ1n) is 10.2. The second kappa shape index (κ2) is 7.19. The zero-order chi connectivity index (χ0) is 19.0. The summed E-state index contributed by atoms with van der Waals surface area (Å²) in [5, 5.41) is 8.46. The number of ether oxygens (including phenoxy) is 1. The van der Waals surface area contributed by atoms with Gasteiger partial charge in [-0.3, -0.25) is 4.99 Å². The fourth-order valence-electron chi connectivity index (χ4n) is 5.02. The number of hydrogen-bond donors (Lipinski definition) is 3. The highest BCUT2D eigenvalue weighted by atomic mass is 16.5. The van der Waals surface area contributed by atoms with Crippen LogP contribution in [0.25, 0.3) is 10.9 Å². The number of nitrogens with one attached hydrogen (secondary N) is 3. The maximum Gasteiger partial charge on any atom is 0.191 e. The van der Waals surface area contributed by atoms with E-state index >= 15 is 0 Å². The first-order valence-corrected chi connectivity index (χ1v) is 10.2. The highest BCUT2D eigenvalue weighted by Gasteiger charge is 2.59. The molecule has 1 saturated carbocycles. The number of nitrogens with zero attached hydrogens (tertiary/aromatic N) is 1. The van der Waals surface area contributed by atoms with Crippen LogP contribution in [-0.2, 0) is 11.2 Å². The van der Waals surface area contributed by atoms with Gasteiger partial charge in [-0.2, -0.15) is 0 Å². The van der Waals surface area contributed by atoms with Crippen LogP contribution in [-0.4, -0.2) is 42.8 Å². The SMILES string of the molecule is CCNC(=NCCc1c[nH]c2cccc(C)c12)NC1C2CCOC2C1(C)C. The van der Waals surface area contributed by atoms with Crippen molar-refractivity contribution in [1.82, 2.24) is 15.6 Å². The molecule has 4 rings (SSSR count). The second-order valence-electron chi connectivity index (χ2n) is 8.51. The summed E-state index contributed by atoms with van der Waals surface area (Å²) in [5.74, 6) is 1.54. The standard InChI is InChI=1S/C22H32N4O/c1-5-23-21(26-19-16-10-12-27-20(16)22(19,3)4)24-11-9-15-13-25-17-8-6-7-14(2)18(15)17/h6-8,13,16,19-20,25H,5,9-12H2,1-4H3,(H2,23,24,26). The summed E-state index contributed by atoms with van der Waals surface area (Å²) in [4.78, 5) is 8.25. The second-order valence-corrected chi connectivity index (χ2v) is 8.51. The summed E-state index contributed by atoms with van der Waals surface area (Å²) in [6.45, 7) is 11.4. The van der Waals surface area contributed by atoms with Crippen LogP contribution in [0.3, 0.4) is 0 Å². The van der Waals surface area contributed by atoms with Crippen molar-refractivity contribution in [2.75, 3.05) is 19.7 Å². The molecule has 27 heavy (non-hydrogen) atoms. The third-order valence-corrected chi connectivity index (χ3v) is 6.38. The van der Waals surface area contributed by atoms with Gasteiger partial charge in [-0.15, -0.1) is 0 Å². The number of aromatic amines is 1. The maximum atomic E-state index is 5.92. The molecular weight excluding hydrogens is 336 g/mol. The van der Waals surface area contributed by atoms with Crippen molar-refractivity contribution in [2.24, 2.45) is 16.3 Å². The molecule has 2 fully saturated rings. The van der Waals surface area contributed by atoms with Crippen molar-refractivity contribution in [3.05, 3.63) is 35.5 Å². The van der Waals surface area contributed by atoms with E-state index < -0.39 is 0 Å². The zero-order valence-corrected chi connectivity index (χ0v) is 16.9. The first-order chi connectivity index (χ1) is 13.0. The van der Waals surface area contributed by atoms with Crippen LogP contribution in [0.15, 0.2) is 29.4 Å². The molecule has 5 nitrogen and oxygen atoms in total. The molecule has 1 aliphatic heterocycles. The van der Waals surface area contributed by atoms with Crippen LogP contribution in [0.4, 0.5) is 0 Å². The van der Waals surface area contributed by atoms with Crippen LogP contribution in [0.5, 0.6) is 0 Å². The van der Waals surface area contributed by atoms with Gasteiger partial charge in [0.05, 0.1) is 6.10 Å². The van der Waals surface area contributed by atoms with E-state index in [0.29, 0.717) is 18.1 Å². The lowest BCUT2D eigenvalue weighted by Gasteiger charge is -2.54. The Morgan fingerprint density at radius 1 is 1.37 bits per heavy atom. The van der Waals surface area contributed by atoms with E-state index in [4.69, 9.17) is 9.73 Å². The normalized spacial score (nSPS) is 26.7. The summed E-state index contributed by atoms with van der Waals surface area (Å²) < 4.78 is 5.92. The van der Waals surface area contributed by atoms with Gasteiger partial charge in [0.2, 0.25) is 0 Å². The molecule has 1 aromatic heterocycles. The largest absolute Gasteiger partial charge is 0.377 e. The topological polar surface area (TPSA) is 61.4 Å². The highest BCUT2D eigenvalue weighted by molar-refractivity contribution is 5.86. The van der Waals surface area contributed by atoms with E-state index in [0.717, 1.165) is 38.5 Å². The third-order valence-electron chi connectivity index (χ3n) is 6.38. The van der Waals surface area contributed by atoms with Gasteiger partial charge in [0.15, 0.2) is 5.96 Å². The molecule has 1 aliphatic carbocycles. The molecule has 3 N–H and O–H groups in total. The van der Waals surface area contributed by atoms with Gasteiger partial charge in [0.1, 0.15) is 0 Å². The summed E-state index contributed by atoms with van der Waals surface area (Å²) in [6.07, 6.45) is 4.61. The Morgan fingerprint density at radius 3 is 3.04 bits per heavy atom. The molecule has 1 aromatic carbocycles. The minimum atomic E-state index is 0.158. The molecule has 2 aliphatic rings. The number of aliphatic imine (C=N–C) groups is 1. The molecule has 0 spiro atoms. The van der Waals surface area contributed by atoms with Gasteiger partial charge in [-0.25, -0.2) is 0 Å². The lowest BCUT2D eigenvalue weighted by atomic mass is 9.57.